The highest BCUT2D eigenvalue weighted by molar-refractivity contribution is 8.29. The lowest BCUT2D eigenvalue weighted by molar-refractivity contribution is 1.15. The fourth-order valence-electron chi connectivity index (χ4n) is 0.314. The minimum Gasteiger partial charge on any atom is -0.254 e. The number of nitrogens with one attached hydrogen (secondary N) is 1. The second-order valence-corrected chi connectivity index (χ2v) is 3.25. The Balaban J connectivity index is 2.59. The van der Waals surface area contributed by atoms with Gasteiger partial charge in [0.25, 0.3) is 0 Å². The lowest BCUT2D eigenvalue weighted by atomic mass is 10.7. The predicted octanol–water partition coefficient (Wildman–Crippen LogP) is 0.0985. The van der Waals surface area contributed by atoms with E-state index in [1.54, 1.807) is 0 Å². The van der Waals surface area contributed by atoms with Gasteiger partial charge in [-0.15, -0.1) is 0 Å². The second-order valence-electron chi connectivity index (χ2n) is 1.02. The minimum absolute atomic E-state index is 0.0201. The summed E-state index contributed by atoms with van der Waals surface area (Å²) < 4.78 is 3.05. The molecule has 0 aliphatic carbocycles. The summed E-state index contributed by atoms with van der Waals surface area (Å²) in [6, 6.07) is 0. The molecule has 0 fully saturated rings. The summed E-state index contributed by atoms with van der Waals surface area (Å²) in [5.74, 6) is 0. The molecule has 0 radical (unpaired) electrons. The first kappa shape index (κ1) is 4.43. The van der Waals surface area contributed by atoms with Crippen LogP contribution < -0.4 is 4.72 Å². The standard InChI is InChI=1S/C3H5NS2/c5-6-3-1-2-4-6/h1,3-4H,2H2. The van der Waals surface area contributed by atoms with E-state index in [4.69, 9.17) is 11.2 Å². The number of hydrogen-bond donors (Lipinski definition) is 1. The number of hydrogen-bond acceptors (Lipinski definition) is 1. The van der Waals surface area contributed by atoms with Crippen LogP contribution in [0.5, 0.6) is 0 Å². The molecule has 0 aromatic rings. The molecule has 34 valence electrons. The minimum atomic E-state index is -0.0201. The largest absolute Gasteiger partial charge is 0.254 e. The van der Waals surface area contributed by atoms with Gasteiger partial charge in [0.05, 0.1) is 0 Å². The van der Waals surface area contributed by atoms with Crippen molar-refractivity contribution in [2.45, 2.75) is 0 Å². The van der Waals surface area contributed by atoms with Crippen LogP contribution in [0, 0.1) is 0 Å². The third kappa shape index (κ3) is 0.864. The zero-order valence-electron chi connectivity index (χ0n) is 3.18. The third-order valence-corrected chi connectivity index (χ3v) is 2.14. The first-order valence-corrected chi connectivity index (χ1v) is 3.91. The van der Waals surface area contributed by atoms with Crippen LogP contribution >= 0.6 is 0 Å². The molecule has 0 spiro atoms. The summed E-state index contributed by atoms with van der Waals surface area (Å²) in [5.41, 5.74) is 0. The second kappa shape index (κ2) is 1.82. The van der Waals surface area contributed by atoms with Gasteiger partial charge >= 0.3 is 0 Å². The van der Waals surface area contributed by atoms with Crippen molar-refractivity contribution in [2.75, 3.05) is 6.54 Å². The quantitative estimate of drug-likeness (QED) is 0.485. The van der Waals surface area contributed by atoms with Crippen molar-refractivity contribution in [2.24, 2.45) is 0 Å². The van der Waals surface area contributed by atoms with Crippen molar-refractivity contribution < 1.29 is 0 Å². The van der Waals surface area contributed by atoms with Crippen molar-refractivity contribution in [1.29, 1.82) is 0 Å². The van der Waals surface area contributed by atoms with Crippen molar-refractivity contribution in [3.63, 3.8) is 0 Å². The highest BCUT2D eigenvalue weighted by Gasteiger charge is 1.89. The molecule has 1 unspecified atom stereocenters. The Morgan fingerprint density at radius 3 is 2.83 bits per heavy atom. The molecule has 3 heteroatoms. The molecule has 0 amide bonds. The van der Waals surface area contributed by atoms with Crippen molar-refractivity contribution >= 4 is 20.8 Å². The Morgan fingerprint density at radius 1 is 1.83 bits per heavy atom. The molecule has 6 heavy (non-hydrogen) atoms. The van der Waals surface area contributed by atoms with Gasteiger partial charge in [0, 0.05) is 6.54 Å². The van der Waals surface area contributed by atoms with Crippen molar-refractivity contribution in [1.82, 2.24) is 4.72 Å². The Morgan fingerprint density at radius 2 is 2.67 bits per heavy atom. The fourth-order valence-corrected chi connectivity index (χ4v) is 1.38. The van der Waals surface area contributed by atoms with Crippen LogP contribution in [0.3, 0.4) is 0 Å². The molecule has 1 nitrogen and oxygen atoms in total. The molecular weight excluding hydrogens is 114 g/mol. The van der Waals surface area contributed by atoms with Gasteiger partial charge in [-0.05, 0) is 26.2 Å². The van der Waals surface area contributed by atoms with E-state index < -0.39 is 0 Å². The molecule has 1 rings (SSSR count). The zero-order valence-corrected chi connectivity index (χ0v) is 4.81. The summed E-state index contributed by atoms with van der Waals surface area (Å²) in [5, 5.41) is 2.01. The third-order valence-electron chi connectivity index (χ3n) is 0.563. The maximum atomic E-state index is 4.83. The van der Waals surface area contributed by atoms with Crippen LogP contribution in [-0.4, -0.2) is 6.54 Å². The Hall–Kier alpha value is 0.270. The Labute approximate surface area is 44.2 Å². The van der Waals surface area contributed by atoms with Gasteiger partial charge in [0.1, 0.15) is 0 Å². The average Bonchev–Trinajstić information content (AvgIpc) is 1.86. The first-order valence-electron chi connectivity index (χ1n) is 1.70. The lowest BCUT2D eigenvalue weighted by Crippen LogP contribution is -2.05. The fraction of sp³-hybridized carbons (Fsp3) is 0.333. The molecule has 1 heterocycles. The molecule has 1 aliphatic rings. The number of rotatable bonds is 0. The molecule has 0 saturated heterocycles. The smallest absolute Gasteiger partial charge is 0.0253 e. The zero-order chi connectivity index (χ0) is 4.41. The van der Waals surface area contributed by atoms with Gasteiger partial charge in [-0.1, -0.05) is 6.08 Å². The van der Waals surface area contributed by atoms with Gasteiger partial charge in [0.2, 0.25) is 0 Å². The molecule has 1 aliphatic heterocycles. The predicted molar refractivity (Wildman–Crippen MR) is 31.9 cm³/mol. The summed E-state index contributed by atoms with van der Waals surface area (Å²) in [6.45, 7) is 0.965. The molecule has 0 bridgehead atoms. The maximum Gasteiger partial charge on any atom is 0.0253 e. The molecule has 0 aromatic carbocycles. The summed E-state index contributed by atoms with van der Waals surface area (Å²) >= 11 is 4.83. The van der Waals surface area contributed by atoms with E-state index in [1.807, 2.05) is 5.41 Å². The van der Waals surface area contributed by atoms with Crippen LogP contribution in [-0.2, 0) is 20.8 Å². The van der Waals surface area contributed by atoms with Crippen LogP contribution in [0.15, 0.2) is 11.5 Å². The molecule has 1 N–H and O–H groups in total. The normalized spacial score (nSPS) is 31.7. The first-order chi connectivity index (χ1) is 2.89. The molecular formula is C3H5NS2. The van der Waals surface area contributed by atoms with E-state index in [2.05, 4.69) is 10.8 Å². The SMILES string of the molecule is S=S1C=CCN1. The van der Waals surface area contributed by atoms with E-state index in [0.29, 0.717) is 0 Å². The summed E-state index contributed by atoms with van der Waals surface area (Å²) in [7, 11) is -0.0201. The van der Waals surface area contributed by atoms with Gasteiger partial charge in [-0.3, -0.25) is 4.72 Å². The highest BCUT2D eigenvalue weighted by Crippen LogP contribution is 1.86. The van der Waals surface area contributed by atoms with Gasteiger partial charge in [0.15, 0.2) is 0 Å². The van der Waals surface area contributed by atoms with E-state index in [1.165, 1.54) is 0 Å². The van der Waals surface area contributed by atoms with E-state index >= 15 is 0 Å². The van der Waals surface area contributed by atoms with E-state index in [-0.39, 0.29) is 9.64 Å². The van der Waals surface area contributed by atoms with Crippen molar-refractivity contribution in [3.05, 3.63) is 11.5 Å². The lowest BCUT2D eigenvalue weighted by Gasteiger charge is -1.83. The van der Waals surface area contributed by atoms with Crippen LogP contribution in [0.4, 0.5) is 0 Å². The molecule has 0 saturated carbocycles. The topological polar surface area (TPSA) is 12.0 Å². The summed E-state index contributed by atoms with van der Waals surface area (Å²) in [6.07, 6.45) is 2.05. The van der Waals surface area contributed by atoms with Crippen LogP contribution in [0.1, 0.15) is 0 Å². The van der Waals surface area contributed by atoms with Gasteiger partial charge in [-0.2, -0.15) is 0 Å². The summed E-state index contributed by atoms with van der Waals surface area (Å²) in [4.78, 5) is 0. The van der Waals surface area contributed by atoms with E-state index in [0.717, 1.165) is 6.54 Å². The Bertz CT molecular complexity index is 97.0. The van der Waals surface area contributed by atoms with Crippen LogP contribution in [0.2, 0.25) is 0 Å². The van der Waals surface area contributed by atoms with E-state index in [9.17, 15) is 0 Å². The van der Waals surface area contributed by atoms with Gasteiger partial charge in [-0.25, -0.2) is 0 Å². The van der Waals surface area contributed by atoms with Crippen molar-refractivity contribution in [3.8, 4) is 0 Å². The monoisotopic (exact) mass is 119 g/mol. The molecule has 0 aromatic heterocycles. The average molecular weight is 119 g/mol. The van der Waals surface area contributed by atoms with Crippen LogP contribution in [0.25, 0.3) is 0 Å². The maximum absolute atomic E-state index is 4.83. The molecule has 1 atom stereocenters. The van der Waals surface area contributed by atoms with Gasteiger partial charge < -0.3 is 0 Å². The highest BCUT2D eigenvalue weighted by atomic mass is 32.8. The Kier molecular flexibility index (Phi) is 1.34.